The fraction of sp³-hybridized carbons (Fsp3) is 0.500. The lowest BCUT2D eigenvalue weighted by atomic mass is 9.85. The van der Waals surface area contributed by atoms with Gasteiger partial charge in [-0.1, -0.05) is 6.07 Å². The molecule has 3 nitrogen and oxygen atoms in total. The normalized spacial score (nSPS) is 18.0. The Balaban J connectivity index is 1.82. The van der Waals surface area contributed by atoms with Crippen LogP contribution in [0.25, 0.3) is 0 Å². The lowest BCUT2D eigenvalue weighted by molar-refractivity contribution is 0.431. The summed E-state index contributed by atoms with van der Waals surface area (Å²) in [6, 6.07) is 4.25. The molecule has 20 heavy (non-hydrogen) atoms. The van der Waals surface area contributed by atoms with Gasteiger partial charge in [-0.25, -0.2) is 9.97 Å². The van der Waals surface area contributed by atoms with Gasteiger partial charge in [-0.05, 0) is 62.7 Å². The maximum absolute atomic E-state index is 4.82. The zero-order valence-electron chi connectivity index (χ0n) is 12.1. The number of hydrogen-bond donors (Lipinski definition) is 1. The molecule has 2 aromatic rings. The highest BCUT2D eigenvalue weighted by molar-refractivity contribution is 7.09. The fourth-order valence-corrected chi connectivity index (χ4v) is 3.73. The second-order valence-corrected chi connectivity index (χ2v) is 6.61. The van der Waals surface area contributed by atoms with Gasteiger partial charge in [0.25, 0.3) is 0 Å². The SMILES string of the molecule is CNCC1CCc2nc(Cc3cccs3)nc(C)c2C1. The number of nitrogens with one attached hydrogen (secondary N) is 1. The minimum Gasteiger partial charge on any atom is -0.319 e. The van der Waals surface area contributed by atoms with E-state index in [0.29, 0.717) is 0 Å². The summed E-state index contributed by atoms with van der Waals surface area (Å²) < 4.78 is 0. The highest BCUT2D eigenvalue weighted by Gasteiger charge is 2.22. The standard InChI is InChI=1S/C16H21N3S/c1-11-14-8-12(10-17-2)5-6-15(14)19-16(18-11)9-13-4-3-7-20-13/h3-4,7,12,17H,5-6,8-10H2,1-2H3. The Morgan fingerprint density at radius 1 is 1.40 bits per heavy atom. The topological polar surface area (TPSA) is 37.8 Å². The van der Waals surface area contributed by atoms with Crippen LogP contribution < -0.4 is 5.32 Å². The fourth-order valence-electron chi connectivity index (χ4n) is 3.03. The molecule has 0 saturated carbocycles. The van der Waals surface area contributed by atoms with Gasteiger partial charge < -0.3 is 5.32 Å². The molecule has 0 saturated heterocycles. The molecule has 1 aliphatic carbocycles. The van der Waals surface area contributed by atoms with Crippen molar-refractivity contribution >= 4 is 11.3 Å². The van der Waals surface area contributed by atoms with Crippen molar-refractivity contribution in [1.82, 2.24) is 15.3 Å². The van der Waals surface area contributed by atoms with E-state index in [1.54, 1.807) is 11.3 Å². The van der Waals surface area contributed by atoms with Crippen LogP contribution in [0.5, 0.6) is 0 Å². The molecule has 0 aliphatic heterocycles. The number of nitrogens with zero attached hydrogens (tertiary/aromatic N) is 2. The summed E-state index contributed by atoms with van der Waals surface area (Å²) in [5.74, 6) is 1.72. The Bertz CT molecular complexity index is 578. The Labute approximate surface area is 124 Å². The maximum atomic E-state index is 4.82. The van der Waals surface area contributed by atoms with Gasteiger partial charge in [0.1, 0.15) is 5.82 Å². The molecule has 2 heterocycles. The van der Waals surface area contributed by atoms with Crippen molar-refractivity contribution in [2.75, 3.05) is 13.6 Å². The molecule has 0 spiro atoms. The van der Waals surface area contributed by atoms with Crippen LogP contribution in [0.4, 0.5) is 0 Å². The van der Waals surface area contributed by atoms with Crippen molar-refractivity contribution < 1.29 is 0 Å². The highest BCUT2D eigenvalue weighted by atomic mass is 32.1. The summed E-state index contributed by atoms with van der Waals surface area (Å²) in [7, 11) is 2.03. The minimum absolute atomic E-state index is 0.734. The smallest absolute Gasteiger partial charge is 0.134 e. The van der Waals surface area contributed by atoms with Crippen LogP contribution in [0.15, 0.2) is 17.5 Å². The van der Waals surface area contributed by atoms with Gasteiger partial charge >= 0.3 is 0 Å². The molecular formula is C16H21N3S. The van der Waals surface area contributed by atoms with Crippen molar-refractivity contribution in [2.24, 2.45) is 5.92 Å². The zero-order valence-corrected chi connectivity index (χ0v) is 13.0. The van der Waals surface area contributed by atoms with Crippen LogP contribution in [-0.4, -0.2) is 23.6 Å². The van der Waals surface area contributed by atoms with Crippen LogP contribution in [0.2, 0.25) is 0 Å². The first kappa shape index (κ1) is 13.7. The van der Waals surface area contributed by atoms with E-state index in [-0.39, 0.29) is 0 Å². The van der Waals surface area contributed by atoms with Crippen molar-refractivity contribution in [3.8, 4) is 0 Å². The van der Waals surface area contributed by atoms with E-state index in [4.69, 9.17) is 9.97 Å². The molecule has 3 rings (SSSR count). The molecule has 0 bridgehead atoms. The van der Waals surface area contributed by atoms with Gasteiger partial charge in [0.2, 0.25) is 0 Å². The second kappa shape index (κ2) is 6.02. The van der Waals surface area contributed by atoms with E-state index in [1.165, 1.54) is 28.2 Å². The van der Waals surface area contributed by atoms with Gasteiger partial charge in [-0.3, -0.25) is 0 Å². The molecular weight excluding hydrogens is 266 g/mol. The van der Waals surface area contributed by atoms with Gasteiger partial charge in [0, 0.05) is 22.7 Å². The zero-order chi connectivity index (χ0) is 13.9. The second-order valence-electron chi connectivity index (χ2n) is 5.57. The van der Waals surface area contributed by atoms with Crippen molar-refractivity contribution in [3.05, 3.63) is 45.2 Å². The van der Waals surface area contributed by atoms with Crippen LogP contribution in [-0.2, 0) is 19.3 Å². The van der Waals surface area contributed by atoms with E-state index in [1.807, 2.05) is 7.05 Å². The Hall–Kier alpha value is -1.26. The molecule has 1 N–H and O–H groups in total. The van der Waals surface area contributed by atoms with Crippen molar-refractivity contribution in [3.63, 3.8) is 0 Å². The molecule has 106 valence electrons. The molecule has 1 unspecified atom stereocenters. The minimum atomic E-state index is 0.734. The average Bonchev–Trinajstić information content (AvgIpc) is 2.93. The quantitative estimate of drug-likeness (QED) is 0.939. The summed E-state index contributed by atoms with van der Waals surface area (Å²) in [6.45, 7) is 3.23. The van der Waals surface area contributed by atoms with Crippen molar-refractivity contribution in [2.45, 2.75) is 32.6 Å². The van der Waals surface area contributed by atoms with E-state index >= 15 is 0 Å². The third kappa shape index (κ3) is 2.91. The third-order valence-electron chi connectivity index (χ3n) is 4.03. The summed E-state index contributed by atoms with van der Waals surface area (Å²) in [4.78, 5) is 10.9. The highest BCUT2D eigenvalue weighted by Crippen LogP contribution is 2.26. The molecule has 1 atom stereocenters. The van der Waals surface area contributed by atoms with Gasteiger partial charge in [0.05, 0.1) is 0 Å². The van der Waals surface area contributed by atoms with Crippen LogP contribution >= 0.6 is 11.3 Å². The maximum Gasteiger partial charge on any atom is 0.134 e. The van der Waals surface area contributed by atoms with Crippen molar-refractivity contribution in [1.29, 1.82) is 0 Å². The van der Waals surface area contributed by atoms with Gasteiger partial charge in [0.15, 0.2) is 0 Å². The first-order valence-corrected chi connectivity index (χ1v) is 8.16. The molecule has 0 amide bonds. The molecule has 0 fully saturated rings. The average molecular weight is 287 g/mol. The summed E-state index contributed by atoms with van der Waals surface area (Å²) >= 11 is 1.78. The molecule has 1 aliphatic rings. The first-order chi connectivity index (χ1) is 9.76. The summed E-state index contributed by atoms with van der Waals surface area (Å²) in [6.07, 6.45) is 4.33. The number of thiophene rings is 1. The number of aryl methyl sites for hydroxylation is 2. The predicted octanol–water partition coefficient (Wildman–Crippen LogP) is 2.76. The summed E-state index contributed by atoms with van der Waals surface area (Å²) in [5.41, 5.74) is 3.87. The van der Waals surface area contributed by atoms with Gasteiger partial charge in [-0.2, -0.15) is 0 Å². The number of fused-ring (bicyclic) bond motifs is 1. The van der Waals surface area contributed by atoms with E-state index in [2.05, 4.69) is 29.8 Å². The number of hydrogen-bond acceptors (Lipinski definition) is 4. The lowest BCUT2D eigenvalue weighted by Crippen LogP contribution is -2.26. The largest absolute Gasteiger partial charge is 0.319 e. The molecule has 0 aromatic carbocycles. The number of aromatic nitrogens is 2. The molecule has 0 radical (unpaired) electrons. The van der Waals surface area contributed by atoms with Gasteiger partial charge in [-0.15, -0.1) is 11.3 Å². The molecule has 4 heteroatoms. The monoisotopic (exact) mass is 287 g/mol. The Morgan fingerprint density at radius 2 is 2.30 bits per heavy atom. The first-order valence-electron chi connectivity index (χ1n) is 7.28. The lowest BCUT2D eigenvalue weighted by Gasteiger charge is -2.25. The number of rotatable bonds is 4. The van der Waals surface area contributed by atoms with E-state index in [0.717, 1.165) is 37.5 Å². The Kier molecular flexibility index (Phi) is 4.13. The molecule has 2 aromatic heterocycles. The van der Waals surface area contributed by atoms with E-state index < -0.39 is 0 Å². The van der Waals surface area contributed by atoms with E-state index in [9.17, 15) is 0 Å². The third-order valence-corrected chi connectivity index (χ3v) is 4.91. The predicted molar refractivity (Wildman–Crippen MR) is 83.3 cm³/mol. The van der Waals surface area contributed by atoms with Crippen LogP contribution in [0, 0.1) is 12.8 Å². The van der Waals surface area contributed by atoms with Crippen LogP contribution in [0.3, 0.4) is 0 Å². The van der Waals surface area contributed by atoms with Crippen LogP contribution in [0.1, 0.15) is 34.1 Å². The Morgan fingerprint density at radius 3 is 3.05 bits per heavy atom. The summed E-state index contributed by atoms with van der Waals surface area (Å²) in [5, 5.41) is 5.40.